The van der Waals surface area contributed by atoms with Crippen LogP contribution < -0.4 is 10.6 Å². The molecule has 2 aliphatic heterocycles. The van der Waals surface area contributed by atoms with Crippen LogP contribution in [-0.2, 0) is 19.1 Å². The number of ether oxygens (including phenoxy) is 1. The number of hydrogen-bond acceptors (Lipinski definition) is 6. The van der Waals surface area contributed by atoms with Crippen LogP contribution in [0.3, 0.4) is 0 Å². The number of benzene rings is 1. The molecule has 1 fully saturated rings. The van der Waals surface area contributed by atoms with Crippen LogP contribution in [0.1, 0.15) is 40.5 Å². The molecule has 9 heteroatoms. The maximum Gasteiger partial charge on any atom is 0.264 e. The van der Waals surface area contributed by atoms with Crippen molar-refractivity contribution in [2.45, 2.75) is 25.8 Å². The van der Waals surface area contributed by atoms with Crippen LogP contribution >= 0.6 is 0 Å². The van der Waals surface area contributed by atoms with Gasteiger partial charge >= 0.3 is 0 Å². The van der Waals surface area contributed by atoms with Gasteiger partial charge in [-0.05, 0) is 25.5 Å². The largest absolute Gasteiger partial charge is 0.372 e. The number of carbonyl (C=O) groups is 5. The van der Waals surface area contributed by atoms with Crippen molar-refractivity contribution in [1.82, 2.24) is 10.2 Å². The summed E-state index contributed by atoms with van der Waals surface area (Å²) in [4.78, 5) is 61.5. The van der Waals surface area contributed by atoms with E-state index in [1.807, 2.05) is 0 Å². The fourth-order valence-electron chi connectivity index (χ4n) is 3.00. The second-order valence-corrected chi connectivity index (χ2v) is 5.86. The third-order valence-corrected chi connectivity index (χ3v) is 4.18. The van der Waals surface area contributed by atoms with Gasteiger partial charge in [0.25, 0.3) is 11.8 Å². The Bertz CT molecular complexity index is 819. The molecule has 1 saturated heterocycles. The Morgan fingerprint density at radius 3 is 2.73 bits per heavy atom. The number of amides is 5. The predicted octanol–water partition coefficient (Wildman–Crippen LogP) is 0.0628. The molecule has 0 saturated carbocycles. The molecule has 1 unspecified atom stereocenters. The van der Waals surface area contributed by atoms with Gasteiger partial charge in [-0.25, -0.2) is 0 Å². The Kier molecular flexibility index (Phi) is 4.81. The number of piperidine rings is 1. The molecular weight excluding hydrogens is 342 g/mol. The highest BCUT2D eigenvalue weighted by molar-refractivity contribution is 6.26. The van der Waals surface area contributed by atoms with Crippen molar-refractivity contribution in [2.24, 2.45) is 0 Å². The Balaban J connectivity index is 1.88. The summed E-state index contributed by atoms with van der Waals surface area (Å²) >= 11 is 0. The van der Waals surface area contributed by atoms with Gasteiger partial charge in [0.15, 0.2) is 0 Å². The van der Waals surface area contributed by atoms with Gasteiger partial charge in [0.2, 0.25) is 17.7 Å². The van der Waals surface area contributed by atoms with Crippen LogP contribution in [0.2, 0.25) is 0 Å². The van der Waals surface area contributed by atoms with Crippen molar-refractivity contribution < 1.29 is 28.7 Å². The molecular formula is C17H17N3O6. The van der Waals surface area contributed by atoms with E-state index in [2.05, 4.69) is 10.6 Å². The van der Waals surface area contributed by atoms with E-state index in [9.17, 15) is 24.0 Å². The van der Waals surface area contributed by atoms with E-state index in [-0.39, 0.29) is 36.3 Å². The molecule has 136 valence electrons. The van der Waals surface area contributed by atoms with E-state index in [1.54, 1.807) is 6.92 Å². The van der Waals surface area contributed by atoms with E-state index < -0.39 is 35.6 Å². The minimum absolute atomic E-state index is 0.0343. The maximum absolute atomic E-state index is 12.8. The smallest absolute Gasteiger partial charge is 0.264 e. The third-order valence-electron chi connectivity index (χ3n) is 4.18. The molecule has 1 atom stereocenters. The fraction of sp³-hybridized carbons (Fsp3) is 0.353. The highest BCUT2D eigenvalue weighted by Gasteiger charge is 2.45. The van der Waals surface area contributed by atoms with Gasteiger partial charge in [0.1, 0.15) is 12.6 Å². The Hall–Kier alpha value is -3.07. The van der Waals surface area contributed by atoms with Gasteiger partial charge in [0.05, 0.1) is 16.8 Å². The van der Waals surface area contributed by atoms with Crippen LogP contribution in [-0.4, -0.2) is 53.7 Å². The second-order valence-electron chi connectivity index (χ2n) is 5.86. The first-order valence-corrected chi connectivity index (χ1v) is 8.16. The Morgan fingerprint density at radius 1 is 1.27 bits per heavy atom. The van der Waals surface area contributed by atoms with Crippen LogP contribution in [0, 0.1) is 0 Å². The van der Waals surface area contributed by atoms with E-state index in [4.69, 9.17) is 4.74 Å². The molecule has 2 aliphatic rings. The lowest BCUT2D eigenvalue weighted by Gasteiger charge is -2.27. The number of carbonyl (C=O) groups excluding carboxylic acids is 5. The molecule has 9 nitrogen and oxygen atoms in total. The summed E-state index contributed by atoms with van der Waals surface area (Å²) in [6.07, 6.45) is 0.115. The molecule has 5 amide bonds. The van der Waals surface area contributed by atoms with Crippen LogP contribution in [0.25, 0.3) is 0 Å². The van der Waals surface area contributed by atoms with Gasteiger partial charge in [-0.1, -0.05) is 6.07 Å². The highest BCUT2D eigenvalue weighted by Crippen LogP contribution is 2.32. The first-order valence-electron chi connectivity index (χ1n) is 8.16. The van der Waals surface area contributed by atoms with E-state index in [0.29, 0.717) is 6.61 Å². The normalized spacial score (nSPS) is 19.4. The average molecular weight is 359 g/mol. The number of hydrogen-bond donors (Lipinski definition) is 2. The van der Waals surface area contributed by atoms with E-state index in [0.717, 1.165) is 4.90 Å². The quantitative estimate of drug-likeness (QED) is 0.717. The summed E-state index contributed by atoms with van der Waals surface area (Å²) in [7, 11) is 0. The fourth-order valence-corrected chi connectivity index (χ4v) is 3.00. The van der Waals surface area contributed by atoms with Gasteiger partial charge in [0, 0.05) is 13.0 Å². The lowest BCUT2D eigenvalue weighted by molar-refractivity contribution is -0.136. The van der Waals surface area contributed by atoms with Crippen LogP contribution in [0.4, 0.5) is 5.69 Å². The minimum Gasteiger partial charge on any atom is -0.372 e. The lowest BCUT2D eigenvalue weighted by Crippen LogP contribution is -2.54. The van der Waals surface area contributed by atoms with E-state index in [1.165, 1.54) is 18.2 Å². The van der Waals surface area contributed by atoms with Crippen molar-refractivity contribution in [3.8, 4) is 0 Å². The van der Waals surface area contributed by atoms with Crippen molar-refractivity contribution in [3.63, 3.8) is 0 Å². The topological polar surface area (TPSA) is 122 Å². The Morgan fingerprint density at radius 2 is 2.04 bits per heavy atom. The first kappa shape index (κ1) is 17.7. The van der Waals surface area contributed by atoms with Crippen LogP contribution in [0.5, 0.6) is 0 Å². The van der Waals surface area contributed by atoms with Gasteiger partial charge in [-0.2, -0.15) is 0 Å². The van der Waals surface area contributed by atoms with Crippen molar-refractivity contribution >= 4 is 35.2 Å². The number of anilines is 1. The van der Waals surface area contributed by atoms with Gasteiger partial charge in [-0.15, -0.1) is 0 Å². The molecule has 2 heterocycles. The molecule has 0 spiro atoms. The number of imide groups is 2. The van der Waals surface area contributed by atoms with Crippen LogP contribution in [0.15, 0.2) is 18.2 Å². The monoisotopic (exact) mass is 359 g/mol. The first-order chi connectivity index (χ1) is 12.4. The summed E-state index contributed by atoms with van der Waals surface area (Å²) in [6.45, 7) is 1.92. The number of nitrogens with one attached hydrogen (secondary N) is 2. The second kappa shape index (κ2) is 7.04. The standard InChI is InChI=1S/C17H17N3O6/c1-2-26-8-13(22)18-10-5-3-4-9-14(10)17(25)20(16(9)24)11-6-7-12(21)19-15(11)23/h3-5,11H,2,6-8H2,1H3,(H,18,22)(H,19,21,23). The zero-order valence-corrected chi connectivity index (χ0v) is 14.0. The highest BCUT2D eigenvalue weighted by atomic mass is 16.5. The number of rotatable bonds is 5. The van der Waals surface area contributed by atoms with Crippen molar-refractivity contribution in [1.29, 1.82) is 0 Å². The number of nitrogens with zero attached hydrogens (tertiary/aromatic N) is 1. The van der Waals surface area contributed by atoms with E-state index >= 15 is 0 Å². The molecule has 3 rings (SSSR count). The summed E-state index contributed by atoms with van der Waals surface area (Å²) in [5, 5.41) is 4.69. The van der Waals surface area contributed by atoms with Gasteiger partial charge in [-0.3, -0.25) is 34.2 Å². The predicted molar refractivity (Wildman–Crippen MR) is 88.2 cm³/mol. The van der Waals surface area contributed by atoms with Crippen molar-refractivity contribution in [2.75, 3.05) is 18.5 Å². The SMILES string of the molecule is CCOCC(=O)Nc1cccc2c1C(=O)N(C1CCC(=O)NC1=O)C2=O. The zero-order valence-electron chi connectivity index (χ0n) is 14.0. The molecule has 1 aromatic rings. The molecule has 0 bridgehead atoms. The summed E-state index contributed by atoms with van der Waals surface area (Å²) in [5.74, 6) is -2.88. The van der Waals surface area contributed by atoms with Crippen molar-refractivity contribution in [3.05, 3.63) is 29.3 Å². The maximum atomic E-state index is 12.8. The molecule has 0 aliphatic carbocycles. The molecule has 26 heavy (non-hydrogen) atoms. The summed E-state index contributed by atoms with van der Waals surface area (Å²) in [5.41, 5.74) is 0.321. The molecule has 1 aromatic carbocycles. The summed E-state index contributed by atoms with van der Waals surface area (Å²) < 4.78 is 5.02. The third kappa shape index (κ3) is 3.08. The molecule has 0 radical (unpaired) electrons. The van der Waals surface area contributed by atoms with Gasteiger partial charge < -0.3 is 10.1 Å². The number of fused-ring (bicyclic) bond motifs is 1. The Labute approximate surface area is 148 Å². The lowest BCUT2D eigenvalue weighted by atomic mass is 10.0. The zero-order chi connectivity index (χ0) is 18.8. The molecule has 0 aromatic heterocycles. The summed E-state index contributed by atoms with van der Waals surface area (Å²) in [6, 6.07) is 3.45. The molecule has 2 N–H and O–H groups in total. The minimum atomic E-state index is -1.05. The average Bonchev–Trinajstić information content (AvgIpc) is 2.85.